The Morgan fingerprint density at radius 3 is 3.05 bits per heavy atom. The van der Waals surface area contributed by atoms with Gasteiger partial charge in [-0.3, -0.25) is 4.57 Å². The summed E-state index contributed by atoms with van der Waals surface area (Å²) in [5.41, 5.74) is 0. The molecule has 0 radical (unpaired) electrons. The van der Waals surface area contributed by atoms with Crippen LogP contribution in [0.3, 0.4) is 0 Å². The van der Waals surface area contributed by atoms with Crippen LogP contribution in [0.2, 0.25) is 0 Å². The number of aliphatic hydroxyl groups excluding tert-OH is 1. The number of hydrogen-bond donors (Lipinski definition) is 1. The summed E-state index contributed by atoms with van der Waals surface area (Å²) in [4.78, 5) is 15.3. The van der Waals surface area contributed by atoms with Crippen molar-refractivity contribution in [1.82, 2.24) is 19.5 Å². The minimum atomic E-state index is 0.211. The van der Waals surface area contributed by atoms with E-state index in [0.717, 1.165) is 37.6 Å². The molecule has 0 saturated carbocycles. The molecule has 1 atom stereocenters. The van der Waals surface area contributed by atoms with E-state index in [-0.39, 0.29) is 6.61 Å². The minimum absolute atomic E-state index is 0.211. The van der Waals surface area contributed by atoms with Crippen molar-refractivity contribution in [2.75, 3.05) is 18.1 Å². The molecule has 20 heavy (non-hydrogen) atoms. The van der Waals surface area contributed by atoms with Gasteiger partial charge >= 0.3 is 0 Å². The van der Waals surface area contributed by atoms with Gasteiger partial charge in [0.05, 0.1) is 0 Å². The van der Waals surface area contributed by atoms with E-state index in [2.05, 4.69) is 19.9 Å². The van der Waals surface area contributed by atoms with E-state index < -0.39 is 0 Å². The van der Waals surface area contributed by atoms with Crippen molar-refractivity contribution in [3.8, 4) is 5.82 Å². The van der Waals surface area contributed by atoms with Gasteiger partial charge in [0.2, 0.25) is 5.95 Å². The summed E-state index contributed by atoms with van der Waals surface area (Å²) in [7, 11) is 0. The Labute approximate surface area is 118 Å². The van der Waals surface area contributed by atoms with Crippen molar-refractivity contribution in [2.24, 2.45) is 0 Å². The van der Waals surface area contributed by atoms with Crippen LogP contribution in [-0.2, 0) is 0 Å². The number of rotatable bonds is 4. The predicted octanol–water partition coefficient (Wildman–Crippen LogP) is 1.40. The molecule has 0 bridgehead atoms. The van der Waals surface area contributed by atoms with Gasteiger partial charge in [-0.25, -0.2) is 9.97 Å². The van der Waals surface area contributed by atoms with Gasteiger partial charge < -0.3 is 10.0 Å². The fourth-order valence-corrected chi connectivity index (χ4v) is 2.73. The molecule has 2 aromatic rings. The number of aromatic nitrogens is 4. The zero-order valence-electron chi connectivity index (χ0n) is 11.4. The highest BCUT2D eigenvalue weighted by atomic mass is 16.3. The lowest BCUT2D eigenvalue weighted by Gasteiger charge is -2.35. The van der Waals surface area contributed by atoms with Crippen molar-refractivity contribution < 1.29 is 5.11 Å². The molecule has 1 saturated heterocycles. The first-order valence-corrected chi connectivity index (χ1v) is 7.07. The van der Waals surface area contributed by atoms with E-state index in [1.165, 1.54) is 6.42 Å². The van der Waals surface area contributed by atoms with Gasteiger partial charge in [0, 0.05) is 37.8 Å². The van der Waals surface area contributed by atoms with E-state index in [1.807, 2.05) is 16.8 Å². The van der Waals surface area contributed by atoms with Crippen molar-refractivity contribution in [3.63, 3.8) is 0 Å². The zero-order valence-corrected chi connectivity index (χ0v) is 11.4. The van der Waals surface area contributed by atoms with Crippen molar-refractivity contribution >= 4 is 5.95 Å². The van der Waals surface area contributed by atoms with Crippen LogP contribution in [0.25, 0.3) is 5.82 Å². The second kappa shape index (κ2) is 6.00. The lowest BCUT2D eigenvalue weighted by atomic mass is 10.0. The second-order valence-electron chi connectivity index (χ2n) is 5.04. The van der Waals surface area contributed by atoms with Gasteiger partial charge in [0.25, 0.3) is 0 Å². The highest BCUT2D eigenvalue weighted by molar-refractivity contribution is 5.36. The van der Waals surface area contributed by atoms with E-state index in [0.29, 0.717) is 6.04 Å². The SMILES string of the molecule is OCCC1CCCCN1c1nccc(-n2ccnc2)n1. The normalized spacial score (nSPS) is 19.2. The number of anilines is 1. The average Bonchev–Trinajstić information content (AvgIpc) is 3.03. The molecule has 1 fully saturated rings. The van der Waals surface area contributed by atoms with Gasteiger partial charge in [-0.2, -0.15) is 4.98 Å². The van der Waals surface area contributed by atoms with Crippen LogP contribution < -0.4 is 4.90 Å². The monoisotopic (exact) mass is 273 g/mol. The molecule has 6 heteroatoms. The third-order valence-corrected chi connectivity index (χ3v) is 3.74. The molecule has 1 unspecified atom stereocenters. The molecule has 106 valence electrons. The first-order valence-electron chi connectivity index (χ1n) is 7.07. The summed E-state index contributed by atoms with van der Waals surface area (Å²) < 4.78 is 1.87. The first-order chi connectivity index (χ1) is 9.88. The molecule has 1 aliphatic rings. The number of piperidine rings is 1. The van der Waals surface area contributed by atoms with Gasteiger partial charge in [-0.1, -0.05) is 0 Å². The van der Waals surface area contributed by atoms with E-state index in [1.54, 1.807) is 18.7 Å². The van der Waals surface area contributed by atoms with Gasteiger partial charge in [-0.15, -0.1) is 0 Å². The summed E-state index contributed by atoms with van der Waals surface area (Å²) >= 11 is 0. The Morgan fingerprint density at radius 1 is 1.30 bits per heavy atom. The quantitative estimate of drug-likeness (QED) is 0.912. The van der Waals surface area contributed by atoms with E-state index >= 15 is 0 Å². The Bertz CT molecular complexity index is 540. The van der Waals surface area contributed by atoms with Gasteiger partial charge in [-0.05, 0) is 31.7 Å². The van der Waals surface area contributed by atoms with Crippen LogP contribution in [0.4, 0.5) is 5.95 Å². The Hall–Kier alpha value is -1.95. The van der Waals surface area contributed by atoms with Crippen molar-refractivity contribution in [3.05, 3.63) is 31.0 Å². The first kappa shape index (κ1) is 13.1. The number of imidazole rings is 1. The molecule has 6 nitrogen and oxygen atoms in total. The molecule has 0 amide bonds. The van der Waals surface area contributed by atoms with E-state index in [4.69, 9.17) is 0 Å². The summed E-state index contributed by atoms with van der Waals surface area (Å²) in [5, 5.41) is 9.21. The lowest BCUT2D eigenvalue weighted by Crippen LogP contribution is -2.41. The van der Waals surface area contributed by atoms with Crippen LogP contribution in [0.1, 0.15) is 25.7 Å². The van der Waals surface area contributed by atoms with Crippen molar-refractivity contribution in [1.29, 1.82) is 0 Å². The van der Waals surface area contributed by atoms with Crippen LogP contribution in [0, 0.1) is 0 Å². The van der Waals surface area contributed by atoms with Gasteiger partial charge in [0.1, 0.15) is 12.1 Å². The third kappa shape index (κ3) is 2.65. The third-order valence-electron chi connectivity index (χ3n) is 3.74. The molecule has 1 N–H and O–H groups in total. The van der Waals surface area contributed by atoms with Gasteiger partial charge in [0.15, 0.2) is 0 Å². The lowest BCUT2D eigenvalue weighted by molar-refractivity contribution is 0.261. The smallest absolute Gasteiger partial charge is 0.227 e. The molecular formula is C14H19N5O. The fourth-order valence-electron chi connectivity index (χ4n) is 2.73. The Morgan fingerprint density at radius 2 is 2.25 bits per heavy atom. The maximum atomic E-state index is 9.21. The fraction of sp³-hybridized carbons (Fsp3) is 0.500. The Kier molecular flexibility index (Phi) is 3.92. The minimum Gasteiger partial charge on any atom is -0.396 e. The standard InChI is InChI=1S/C14H19N5O/c20-10-5-12-3-1-2-8-19(12)14-16-6-4-13(17-14)18-9-7-15-11-18/h4,6-7,9,11-12,20H,1-3,5,8,10H2. The zero-order chi connectivity index (χ0) is 13.8. The molecule has 3 rings (SSSR count). The van der Waals surface area contributed by atoms with Crippen LogP contribution in [0.5, 0.6) is 0 Å². The van der Waals surface area contributed by atoms with E-state index in [9.17, 15) is 5.11 Å². The summed E-state index contributed by atoms with van der Waals surface area (Å²) in [6, 6.07) is 2.21. The molecule has 0 aromatic carbocycles. The summed E-state index contributed by atoms with van der Waals surface area (Å²) in [6.07, 6.45) is 11.3. The summed E-state index contributed by atoms with van der Waals surface area (Å²) in [5.74, 6) is 1.56. The topological polar surface area (TPSA) is 67.1 Å². The highest BCUT2D eigenvalue weighted by Crippen LogP contribution is 2.24. The second-order valence-corrected chi connectivity index (χ2v) is 5.04. The number of aliphatic hydroxyl groups is 1. The molecule has 0 spiro atoms. The molecule has 3 heterocycles. The maximum Gasteiger partial charge on any atom is 0.227 e. The van der Waals surface area contributed by atoms with Crippen molar-refractivity contribution in [2.45, 2.75) is 31.7 Å². The maximum absolute atomic E-state index is 9.21. The number of hydrogen-bond acceptors (Lipinski definition) is 5. The highest BCUT2D eigenvalue weighted by Gasteiger charge is 2.24. The summed E-state index contributed by atoms with van der Waals surface area (Å²) in [6.45, 7) is 1.17. The Balaban J connectivity index is 1.87. The predicted molar refractivity (Wildman–Crippen MR) is 75.8 cm³/mol. The molecular weight excluding hydrogens is 254 g/mol. The molecule has 1 aliphatic heterocycles. The molecule has 0 aliphatic carbocycles. The average molecular weight is 273 g/mol. The molecule has 2 aromatic heterocycles. The van der Waals surface area contributed by atoms with Crippen LogP contribution in [-0.4, -0.2) is 43.8 Å². The van der Waals surface area contributed by atoms with Crippen LogP contribution >= 0.6 is 0 Å². The van der Waals surface area contributed by atoms with Crippen LogP contribution in [0.15, 0.2) is 31.0 Å². The number of nitrogens with zero attached hydrogens (tertiary/aromatic N) is 5. The largest absolute Gasteiger partial charge is 0.396 e.